The molecule has 2 unspecified atom stereocenters. The molecule has 2 atom stereocenters. The summed E-state index contributed by atoms with van der Waals surface area (Å²) in [5, 5.41) is 2.75. The molecule has 1 saturated heterocycles. The van der Waals surface area contributed by atoms with E-state index in [2.05, 4.69) is 5.32 Å². The van der Waals surface area contributed by atoms with Gasteiger partial charge >= 0.3 is 6.09 Å². The number of hydrogen-bond acceptors (Lipinski definition) is 4. The maximum Gasteiger partial charge on any atom is 0.407 e. The fourth-order valence-corrected chi connectivity index (χ4v) is 2.36. The van der Waals surface area contributed by atoms with E-state index < -0.39 is 6.09 Å². The van der Waals surface area contributed by atoms with Crippen LogP contribution in [0.4, 0.5) is 4.79 Å². The molecule has 2 rings (SSSR count). The SMILES string of the molecule is COC1CCCC(CCNC(=O)OCc2ccccc2)O1. The molecule has 1 aromatic carbocycles. The summed E-state index contributed by atoms with van der Waals surface area (Å²) in [5.41, 5.74) is 0.978. The molecule has 116 valence electrons. The highest BCUT2D eigenvalue weighted by molar-refractivity contribution is 5.67. The first kappa shape index (κ1) is 15.8. The Kier molecular flexibility index (Phi) is 6.50. The number of alkyl carbamates (subject to hydrolysis) is 1. The molecule has 1 aliphatic heterocycles. The first-order chi connectivity index (χ1) is 10.3. The van der Waals surface area contributed by atoms with E-state index in [1.54, 1.807) is 7.11 Å². The molecule has 1 N–H and O–H groups in total. The van der Waals surface area contributed by atoms with Gasteiger partial charge in [-0.3, -0.25) is 0 Å². The number of benzene rings is 1. The molecule has 0 spiro atoms. The molecule has 1 fully saturated rings. The monoisotopic (exact) mass is 293 g/mol. The third-order valence-electron chi connectivity index (χ3n) is 3.52. The van der Waals surface area contributed by atoms with Crippen LogP contribution in [-0.2, 0) is 20.8 Å². The van der Waals surface area contributed by atoms with Crippen molar-refractivity contribution in [2.75, 3.05) is 13.7 Å². The minimum absolute atomic E-state index is 0.103. The molecule has 5 heteroatoms. The van der Waals surface area contributed by atoms with Crippen LogP contribution in [0, 0.1) is 0 Å². The number of carbonyl (C=O) groups excluding carboxylic acids is 1. The van der Waals surface area contributed by atoms with Gasteiger partial charge in [0.25, 0.3) is 0 Å². The van der Waals surface area contributed by atoms with Gasteiger partial charge < -0.3 is 19.5 Å². The van der Waals surface area contributed by atoms with Crippen LogP contribution < -0.4 is 5.32 Å². The molecule has 0 bridgehead atoms. The van der Waals surface area contributed by atoms with E-state index in [0.29, 0.717) is 13.2 Å². The Labute approximate surface area is 125 Å². The Bertz CT molecular complexity index is 424. The maximum absolute atomic E-state index is 11.6. The Morgan fingerprint density at radius 1 is 1.33 bits per heavy atom. The van der Waals surface area contributed by atoms with Crippen molar-refractivity contribution in [2.45, 2.75) is 44.7 Å². The van der Waals surface area contributed by atoms with E-state index in [-0.39, 0.29) is 12.4 Å². The molecule has 0 aliphatic carbocycles. The van der Waals surface area contributed by atoms with Crippen LogP contribution in [0.2, 0.25) is 0 Å². The normalized spacial score (nSPS) is 21.8. The van der Waals surface area contributed by atoms with Gasteiger partial charge in [0.05, 0.1) is 6.10 Å². The predicted octanol–water partition coefficient (Wildman–Crippen LogP) is 2.84. The second-order valence-electron chi connectivity index (χ2n) is 5.13. The van der Waals surface area contributed by atoms with Crippen molar-refractivity contribution >= 4 is 6.09 Å². The van der Waals surface area contributed by atoms with Gasteiger partial charge in [-0.1, -0.05) is 30.3 Å². The van der Waals surface area contributed by atoms with Gasteiger partial charge in [0.2, 0.25) is 0 Å². The van der Waals surface area contributed by atoms with E-state index >= 15 is 0 Å². The maximum atomic E-state index is 11.6. The van der Waals surface area contributed by atoms with Crippen molar-refractivity contribution in [3.63, 3.8) is 0 Å². The number of amides is 1. The summed E-state index contributed by atoms with van der Waals surface area (Å²) in [6.07, 6.45) is 3.49. The Morgan fingerprint density at radius 2 is 2.14 bits per heavy atom. The summed E-state index contributed by atoms with van der Waals surface area (Å²) in [5.74, 6) is 0. The first-order valence-corrected chi connectivity index (χ1v) is 7.40. The number of carbonyl (C=O) groups is 1. The van der Waals surface area contributed by atoms with Crippen LogP contribution >= 0.6 is 0 Å². The summed E-state index contributed by atoms with van der Waals surface area (Å²) in [7, 11) is 1.66. The van der Waals surface area contributed by atoms with E-state index in [1.165, 1.54) is 0 Å². The second-order valence-corrected chi connectivity index (χ2v) is 5.13. The molecule has 1 aliphatic rings. The van der Waals surface area contributed by atoms with Crippen LogP contribution in [0.1, 0.15) is 31.2 Å². The largest absolute Gasteiger partial charge is 0.445 e. The van der Waals surface area contributed by atoms with Gasteiger partial charge in [-0.05, 0) is 31.2 Å². The van der Waals surface area contributed by atoms with Gasteiger partial charge in [-0.25, -0.2) is 4.79 Å². The van der Waals surface area contributed by atoms with Crippen molar-refractivity contribution < 1.29 is 19.0 Å². The summed E-state index contributed by atoms with van der Waals surface area (Å²) >= 11 is 0. The Hall–Kier alpha value is -1.59. The molecular weight excluding hydrogens is 270 g/mol. The molecule has 1 amide bonds. The van der Waals surface area contributed by atoms with Crippen molar-refractivity contribution in [3.05, 3.63) is 35.9 Å². The van der Waals surface area contributed by atoms with Crippen LogP contribution in [0.25, 0.3) is 0 Å². The molecule has 1 aromatic rings. The van der Waals surface area contributed by atoms with Gasteiger partial charge in [0.15, 0.2) is 6.29 Å². The summed E-state index contributed by atoms with van der Waals surface area (Å²) in [4.78, 5) is 11.6. The third kappa shape index (κ3) is 5.73. The topological polar surface area (TPSA) is 56.8 Å². The predicted molar refractivity (Wildman–Crippen MR) is 78.8 cm³/mol. The fraction of sp³-hybridized carbons (Fsp3) is 0.562. The Balaban J connectivity index is 1.59. The van der Waals surface area contributed by atoms with Crippen LogP contribution in [0.3, 0.4) is 0 Å². The van der Waals surface area contributed by atoms with Gasteiger partial charge in [-0.2, -0.15) is 0 Å². The third-order valence-corrected chi connectivity index (χ3v) is 3.52. The molecule has 21 heavy (non-hydrogen) atoms. The number of methoxy groups -OCH3 is 1. The summed E-state index contributed by atoms with van der Waals surface area (Å²) < 4.78 is 16.1. The fourth-order valence-electron chi connectivity index (χ4n) is 2.36. The number of ether oxygens (including phenoxy) is 3. The number of hydrogen-bond donors (Lipinski definition) is 1. The highest BCUT2D eigenvalue weighted by Crippen LogP contribution is 2.21. The van der Waals surface area contributed by atoms with Crippen molar-refractivity contribution in [1.29, 1.82) is 0 Å². The van der Waals surface area contributed by atoms with Gasteiger partial charge in [0.1, 0.15) is 6.61 Å². The van der Waals surface area contributed by atoms with Crippen molar-refractivity contribution in [2.24, 2.45) is 0 Å². The lowest BCUT2D eigenvalue weighted by atomic mass is 10.1. The highest BCUT2D eigenvalue weighted by Gasteiger charge is 2.21. The highest BCUT2D eigenvalue weighted by atomic mass is 16.7. The van der Waals surface area contributed by atoms with Crippen molar-refractivity contribution in [3.8, 4) is 0 Å². The average molecular weight is 293 g/mol. The number of nitrogens with one attached hydrogen (secondary N) is 1. The van der Waals surface area contributed by atoms with E-state index in [1.807, 2.05) is 30.3 Å². The van der Waals surface area contributed by atoms with E-state index in [9.17, 15) is 4.79 Å². The van der Waals surface area contributed by atoms with Crippen LogP contribution in [0.15, 0.2) is 30.3 Å². The minimum atomic E-state index is -0.391. The van der Waals surface area contributed by atoms with Gasteiger partial charge in [-0.15, -0.1) is 0 Å². The van der Waals surface area contributed by atoms with Gasteiger partial charge in [0, 0.05) is 13.7 Å². The zero-order valence-corrected chi connectivity index (χ0v) is 12.4. The molecule has 0 aromatic heterocycles. The second kappa shape index (κ2) is 8.64. The standard InChI is InChI=1S/C16H23NO4/c1-19-15-9-5-8-14(21-15)10-11-17-16(18)20-12-13-6-3-2-4-7-13/h2-4,6-7,14-15H,5,8-12H2,1H3,(H,17,18). The molecule has 0 saturated carbocycles. The lowest BCUT2D eigenvalue weighted by molar-refractivity contribution is -0.180. The lowest BCUT2D eigenvalue weighted by Crippen LogP contribution is -2.33. The van der Waals surface area contributed by atoms with E-state index in [0.717, 1.165) is 31.2 Å². The lowest BCUT2D eigenvalue weighted by Gasteiger charge is -2.28. The average Bonchev–Trinajstić information content (AvgIpc) is 2.54. The smallest absolute Gasteiger partial charge is 0.407 e. The van der Waals surface area contributed by atoms with Crippen LogP contribution in [0.5, 0.6) is 0 Å². The number of rotatable bonds is 6. The van der Waals surface area contributed by atoms with Crippen molar-refractivity contribution in [1.82, 2.24) is 5.32 Å². The molecule has 5 nitrogen and oxygen atoms in total. The Morgan fingerprint density at radius 3 is 2.90 bits per heavy atom. The zero-order valence-electron chi connectivity index (χ0n) is 12.4. The van der Waals surface area contributed by atoms with Crippen LogP contribution in [-0.4, -0.2) is 32.1 Å². The molecule has 1 heterocycles. The first-order valence-electron chi connectivity index (χ1n) is 7.40. The zero-order chi connectivity index (χ0) is 14.9. The molecule has 0 radical (unpaired) electrons. The minimum Gasteiger partial charge on any atom is -0.445 e. The van der Waals surface area contributed by atoms with E-state index in [4.69, 9.17) is 14.2 Å². The quantitative estimate of drug-likeness (QED) is 0.876. The summed E-state index contributed by atoms with van der Waals surface area (Å²) in [6, 6.07) is 9.62. The molecular formula is C16H23NO4. The summed E-state index contributed by atoms with van der Waals surface area (Å²) in [6.45, 7) is 0.840.